The highest BCUT2D eigenvalue weighted by molar-refractivity contribution is 8.02. The van der Waals surface area contributed by atoms with Crippen LogP contribution in [-0.4, -0.2) is 10.7 Å². The molecule has 1 unspecified atom stereocenters. The number of hydrogen-bond acceptors (Lipinski definition) is 3. The molecule has 2 aromatic rings. The van der Waals surface area contributed by atoms with Crippen molar-refractivity contribution in [2.75, 3.05) is 5.75 Å². The third-order valence-electron chi connectivity index (χ3n) is 2.96. The topological polar surface area (TPSA) is 12.9 Å². The predicted molar refractivity (Wildman–Crippen MR) is 85.7 cm³/mol. The zero-order valence-corrected chi connectivity index (χ0v) is 12.5. The van der Waals surface area contributed by atoms with Crippen molar-refractivity contribution in [2.45, 2.75) is 0 Å². The Morgan fingerprint density at radius 3 is 2.95 bits per heavy atom. The maximum absolute atomic E-state index is 6.33. The van der Waals surface area contributed by atoms with Gasteiger partial charge in [0.25, 0.3) is 0 Å². The molecule has 96 valence electrons. The molecular weight excluding hydrogens is 294 g/mol. The molecular formula is C15H12ClNS2. The fourth-order valence-corrected chi connectivity index (χ4v) is 3.68. The Kier molecular flexibility index (Phi) is 4.06. The van der Waals surface area contributed by atoms with E-state index in [1.807, 2.05) is 35.5 Å². The van der Waals surface area contributed by atoms with Gasteiger partial charge in [-0.2, -0.15) is 0 Å². The molecule has 1 aromatic heterocycles. The van der Waals surface area contributed by atoms with Crippen molar-refractivity contribution in [3.63, 3.8) is 0 Å². The normalized spacial score (nSPS) is 19.0. The van der Waals surface area contributed by atoms with E-state index in [9.17, 15) is 0 Å². The van der Waals surface area contributed by atoms with Gasteiger partial charge < -0.3 is 0 Å². The minimum Gasteiger partial charge on any atom is -0.245 e. The van der Waals surface area contributed by atoms with Gasteiger partial charge in [-0.15, -0.1) is 23.1 Å². The quantitative estimate of drug-likeness (QED) is 0.782. The summed E-state index contributed by atoms with van der Waals surface area (Å²) in [5.74, 6) is 1.55. The number of rotatable bonds is 3. The molecule has 0 spiro atoms. The fraction of sp³-hybridized carbons (Fsp3) is 0.133. The summed E-state index contributed by atoms with van der Waals surface area (Å²) in [5.41, 5.74) is 5.05. The van der Waals surface area contributed by atoms with Crippen molar-refractivity contribution in [3.8, 4) is 0 Å². The summed E-state index contributed by atoms with van der Waals surface area (Å²) >= 11 is 9.79. The highest BCUT2D eigenvalue weighted by Gasteiger charge is 2.14. The van der Waals surface area contributed by atoms with E-state index in [0.717, 1.165) is 27.6 Å². The molecule has 0 N–H and O–H groups in total. The van der Waals surface area contributed by atoms with Crippen LogP contribution in [0.5, 0.6) is 0 Å². The minimum atomic E-state index is 0.456. The smallest absolute Gasteiger partial charge is 0.0814 e. The summed E-state index contributed by atoms with van der Waals surface area (Å²) in [4.78, 5) is 4.44. The fourth-order valence-electron chi connectivity index (χ4n) is 2.03. The lowest BCUT2D eigenvalue weighted by molar-refractivity contribution is 0.976. The summed E-state index contributed by atoms with van der Waals surface area (Å²) in [5, 5.41) is 5.00. The average Bonchev–Trinajstić information content (AvgIpc) is 3.10. The number of hydrogen-bond donors (Lipinski definition) is 0. The average molecular weight is 306 g/mol. The van der Waals surface area contributed by atoms with Gasteiger partial charge in [0, 0.05) is 33.2 Å². The monoisotopic (exact) mass is 305 g/mol. The number of halogens is 1. The van der Waals surface area contributed by atoms with Crippen LogP contribution in [0.2, 0.25) is 5.02 Å². The van der Waals surface area contributed by atoms with Gasteiger partial charge in [-0.3, -0.25) is 0 Å². The molecule has 0 saturated carbocycles. The van der Waals surface area contributed by atoms with E-state index >= 15 is 0 Å². The highest BCUT2D eigenvalue weighted by Crippen LogP contribution is 2.32. The van der Waals surface area contributed by atoms with Crippen molar-refractivity contribution < 1.29 is 0 Å². The maximum atomic E-state index is 6.33. The molecule has 1 aliphatic heterocycles. The van der Waals surface area contributed by atoms with Gasteiger partial charge in [-0.05, 0) is 11.5 Å². The summed E-state index contributed by atoms with van der Waals surface area (Å²) in [6.45, 7) is 0. The van der Waals surface area contributed by atoms with Crippen molar-refractivity contribution >= 4 is 40.3 Å². The first-order valence-corrected chi connectivity index (χ1v) is 8.35. The van der Waals surface area contributed by atoms with Gasteiger partial charge in [-0.1, -0.05) is 42.0 Å². The van der Waals surface area contributed by atoms with E-state index in [4.69, 9.17) is 11.6 Å². The maximum Gasteiger partial charge on any atom is 0.0814 e. The first kappa shape index (κ1) is 13.0. The van der Waals surface area contributed by atoms with Gasteiger partial charge in [0.2, 0.25) is 0 Å². The molecule has 4 heteroatoms. The van der Waals surface area contributed by atoms with Crippen LogP contribution >= 0.6 is 34.7 Å². The zero-order chi connectivity index (χ0) is 13.1. The van der Waals surface area contributed by atoms with Gasteiger partial charge >= 0.3 is 0 Å². The Bertz CT molecular complexity index is 617. The number of thiazole rings is 1. The number of nitrogens with zero attached hydrogens (tertiary/aromatic N) is 1. The first-order valence-electron chi connectivity index (χ1n) is 5.98. The van der Waals surface area contributed by atoms with Crippen LogP contribution < -0.4 is 0 Å². The Morgan fingerprint density at radius 2 is 2.26 bits per heavy atom. The molecule has 1 nitrogen and oxygen atoms in total. The zero-order valence-electron chi connectivity index (χ0n) is 10.1. The highest BCUT2D eigenvalue weighted by atomic mass is 35.5. The Labute approximate surface area is 126 Å². The largest absolute Gasteiger partial charge is 0.245 e. The van der Waals surface area contributed by atoms with E-state index in [1.165, 1.54) is 0 Å². The van der Waals surface area contributed by atoms with Crippen LogP contribution in [0.3, 0.4) is 0 Å². The van der Waals surface area contributed by atoms with Crippen LogP contribution in [0.15, 0.2) is 52.7 Å². The van der Waals surface area contributed by atoms with Crippen LogP contribution in [0.1, 0.15) is 11.3 Å². The summed E-state index contributed by atoms with van der Waals surface area (Å²) in [7, 11) is 0. The van der Waals surface area contributed by atoms with Crippen LogP contribution in [0.4, 0.5) is 0 Å². The summed E-state index contributed by atoms with van der Waals surface area (Å²) in [6.07, 6.45) is 4.50. The lowest BCUT2D eigenvalue weighted by atomic mass is 9.98. The predicted octanol–water partition coefficient (Wildman–Crippen LogP) is 5.10. The van der Waals surface area contributed by atoms with Crippen LogP contribution in [0.25, 0.3) is 5.57 Å². The molecule has 0 amide bonds. The summed E-state index contributed by atoms with van der Waals surface area (Å²) < 4.78 is 0. The molecule has 0 radical (unpaired) electrons. The van der Waals surface area contributed by atoms with E-state index in [-0.39, 0.29) is 0 Å². The Hall–Kier alpha value is -1.03. The Morgan fingerprint density at radius 1 is 1.37 bits per heavy atom. The van der Waals surface area contributed by atoms with Crippen molar-refractivity contribution in [3.05, 3.63) is 69.0 Å². The van der Waals surface area contributed by atoms with E-state index in [0.29, 0.717) is 5.92 Å². The molecule has 1 aliphatic rings. The van der Waals surface area contributed by atoms with Crippen molar-refractivity contribution in [1.82, 2.24) is 4.98 Å². The van der Waals surface area contributed by atoms with Gasteiger partial charge in [0.05, 0.1) is 11.2 Å². The van der Waals surface area contributed by atoms with Gasteiger partial charge in [0.1, 0.15) is 0 Å². The molecule has 0 saturated heterocycles. The molecule has 1 aromatic carbocycles. The SMILES string of the molecule is Clc1ccccc1C(=CC1C=CSC1)c1cscn1. The van der Waals surface area contributed by atoms with Crippen molar-refractivity contribution in [1.29, 1.82) is 0 Å². The molecule has 1 atom stereocenters. The third kappa shape index (κ3) is 2.94. The second-order valence-electron chi connectivity index (χ2n) is 4.26. The van der Waals surface area contributed by atoms with Crippen molar-refractivity contribution in [2.24, 2.45) is 5.92 Å². The third-order valence-corrected chi connectivity index (χ3v) is 4.81. The molecule has 0 fully saturated rings. The van der Waals surface area contributed by atoms with E-state index in [1.54, 1.807) is 11.3 Å². The van der Waals surface area contributed by atoms with Gasteiger partial charge in [-0.25, -0.2) is 4.98 Å². The minimum absolute atomic E-state index is 0.456. The second kappa shape index (κ2) is 5.95. The number of benzene rings is 1. The number of allylic oxidation sites excluding steroid dienone is 2. The molecule has 3 rings (SSSR count). The molecule has 2 heterocycles. The van der Waals surface area contributed by atoms with E-state index < -0.39 is 0 Å². The lowest BCUT2D eigenvalue weighted by Gasteiger charge is -2.10. The Balaban J connectivity index is 2.07. The standard InChI is InChI=1S/C15H12ClNS2/c16-14-4-2-1-3-12(14)13(15-9-19-10-17-15)7-11-5-6-18-8-11/h1-7,9-11H,8H2. The number of aromatic nitrogens is 1. The van der Waals surface area contributed by atoms with Gasteiger partial charge in [0.15, 0.2) is 0 Å². The first-order chi connectivity index (χ1) is 9.34. The number of thioether (sulfide) groups is 1. The van der Waals surface area contributed by atoms with E-state index in [2.05, 4.69) is 34.0 Å². The molecule has 0 aliphatic carbocycles. The summed E-state index contributed by atoms with van der Waals surface area (Å²) in [6, 6.07) is 7.95. The van der Waals surface area contributed by atoms with Crippen LogP contribution in [0, 0.1) is 5.92 Å². The second-order valence-corrected chi connectivity index (χ2v) is 6.32. The molecule has 0 bridgehead atoms. The lowest BCUT2D eigenvalue weighted by Crippen LogP contribution is -1.96. The van der Waals surface area contributed by atoms with Crippen LogP contribution in [-0.2, 0) is 0 Å². The molecule has 19 heavy (non-hydrogen) atoms.